The van der Waals surface area contributed by atoms with Crippen LogP contribution >= 0.6 is 22.7 Å². The summed E-state index contributed by atoms with van der Waals surface area (Å²) >= 11 is 3.74. The van der Waals surface area contributed by atoms with Gasteiger partial charge >= 0.3 is 0 Å². The topological polar surface area (TPSA) is 17.4 Å². The van der Waals surface area contributed by atoms with Crippen LogP contribution in [0.25, 0.3) is 79.0 Å². The highest BCUT2D eigenvalue weighted by Crippen LogP contribution is 2.51. The van der Waals surface area contributed by atoms with Crippen molar-refractivity contribution in [2.24, 2.45) is 0 Å². The second-order valence-electron chi connectivity index (χ2n) is 13.6. The maximum absolute atomic E-state index is 6.81. The molecule has 5 heteroatoms. The van der Waals surface area contributed by atoms with Crippen LogP contribution in [-0.4, -0.2) is 4.57 Å². The van der Waals surface area contributed by atoms with Gasteiger partial charge in [0.15, 0.2) is 11.5 Å². The molecule has 0 spiro atoms. The minimum Gasteiger partial charge on any atom is -0.452 e. The van der Waals surface area contributed by atoms with E-state index < -0.39 is 0 Å². The van der Waals surface area contributed by atoms with Gasteiger partial charge in [0.05, 0.1) is 37.5 Å². The Kier molecular flexibility index (Phi) is 6.09. The number of fused-ring (bicyclic) bond motifs is 11. The zero-order valence-electron chi connectivity index (χ0n) is 28.3. The number of para-hydroxylation sites is 3. The van der Waals surface area contributed by atoms with Crippen molar-refractivity contribution in [3.05, 3.63) is 170 Å². The van der Waals surface area contributed by atoms with Crippen LogP contribution in [0.1, 0.15) is 0 Å². The van der Waals surface area contributed by atoms with Gasteiger partial charge in [0.25, 0.3) is 0 Å². The monoisotopic (exact) mass is 712 g/mol. The van der Waals surface area contributed by atoms with Crippen LogP contribution in [0.4, 0.5) is 17.1 Å². The van der Waals surface area contributed by atoms with Crippen LogP contribution in [0.3, 0.4) is 0 Å². The molecule has 1 aliphatic heterocycles. The van der Waals surface area contributed by atoms with Crippen LogP contribution in [0.2, 0.25) is 0 Å². The molecule has 0 N–H and O–H groups in total. The molecule has 0 atom stereocenters. The summed E-state index contributed by atoms with van der Waals surface area (Å²) in [6, 6.07) is 61.6. The molecular formula is C48H28N2OS2. The summed E-state index contributed by atoms with van der Waals surface area (Å²) in [5.74, 6) is 1.76. The fourth-order valence-corrected chi connectivity index (χ4v) is 10.9. The van der Waals surface area contributed by atoms with Crippen LogP contribution < -0.4 is 9.64 Å². The Balaban J connectivity index is 1.06. The van der Waals surface area contributed by atoms with Crippen molar-refractivity contribution < 1.29 is 4.74 Å². The average molecular weight is 713 g/mol. The van der Waals surface area contributed by atoms with Crippen LogP contribution in [0.5, 0.6) is 11.5 Å². The van der Waals surface area contributed by atoms with Gasteiger partial charge in [-0.3, -0.25) is 0 Å². The summed E-state index contributed by atoms with van der Waals surface area (Å²) in [6.07, 6.45) is 0. The Morgan fingerprint density at radius 3 is 1.72 bits per heavy atom. The minimum absolute atomic E-state index is 0.878. The fourth-order valence-electron chi connectivity index (χ4n) is 8.48. The number of hydrogen-bond acceptors (Lipinski definition) is 4. The molecule has 3 nitrogen and oxygen atoms in total. The first kappa shape index (κ1) is 29.2. The van der Waals surface area contributed by atoms with E-state index in [1.807, 2.05) is 22.7 Å². The van der Waals surface area contributed by atoms with Crippen molar-refractivity contribution in [3.63, 3.8) is 0 Å². The van der Waals surface area contributed by atoms with E-state index >= 15 is 0 Å². The Bertz CT molecular complexity index is 3160. The number of ether oxygens (including phenoxy) is 1. The smallest absolute Gasteiger partial charge is 0.159 e. The second kappa shape index (κ2) is 11.1. The molecule has 4 heterocycles. The molecule has 53 heavy (non-hydrogen) atoms. The molecule has 0 radical (unpaired) electrons. The number of anilines is 3. The first-order valence-electron chi connectivity index (χ1n) is 17.8. The van der Waals surface area contributed by atoms with Gasteiger partial charge in [-0.2, -0.15) is 0 Å². The van der Waals surface area contributed by atoms with Gasteiger partial charge in [0.1, 0.15) is 0 Å². The molecule has 12 rings (SSSR count). The number of aromatic nitrogens is 1. The SMILES string of the molecule is c1cc(-c2ccc(N(c3cccc4c3sc3ccccc34)c3cccc4c3sc3ccccc34)cc2)c2c(c1)-n1c3ccccc3c3cccc(c31)O2. The van der Waals surface area contributed by atoms with Gasteiger partial charge in [-0.15, -0.1) is 22.7 Å². The van der Waals surface area contributed by atoms with E-state index in [1.54, 1.807) is 0 Å². The van der Waals surface area contributed by atoms with Crippen LogP contribution in [0.15, 0.2) is 170 Å². The van der Waals surface area contributed by atoms with E-state index in [9.17, 15) is 0 Å². The molecule has 0 bridgehead atoms. The highest BCUT2D eigenvalue weighted by Gasteiger charge is 2.26. The molecule has 8 aromatic carbocycles. The highest BCUT2D eigenvalue weighted by molar-refractivity contribution is 7.27. The quantitative estimate of drug-likeness (QED) is 0.181. The molecule has 0 fully saturated rings. The van der Waals surface area contributed by atoms with E-state index in [0.717, 1.165) is 39.5 Å². The lowest BCUT2D eigenvalue weighted by Crippen LogP contribution is -2.10. The van der Waals surface area contributed by atoms with E-state index in [1.165, 1.54) is 68.0 Å². The average Bonchev–Trinajstić information content (AvgIpc) is 3.90. The molecule has 0 aliphatic carbocycles. The van der Waals surface area contributed by atoms with E-state index in [2.05, 4.69) is 179 Å². The maximum atomic E-state index is 6.81. The largest absolute Gasteiger partial charge is 0.452 e. The molecule has 248 valence electrons. The first-order valence-corrected chi connectivity index (χ1v) is 19.5. The van der Waals surface area contributed by atoms with Gasteiger partial charge in [0.2, 0.25) is 0 Å². The molecular weight excluding hydrogens is 685 g/mol. The standard InChI is InChI=1S/C48H28N2OS2/c1-4-18-38-32(11-1)35-15-10-22-42-45(35)50(38)39-19-7-14-31(46(39)51-42)29-25-27-30(28-26-29)49(40-20-8-16-36-33-12-2-5-23-43(33)52-47(36)40)41-21-9-17-37-34-13-3-6-24-44(34)53-48(37)41/h1-28H. The van der Waals surface area contributed by atoms with Crippen molar-refractivity contribution in [2.45, 2.75) is 0 Å². The van der Waals surface area contributed by atoms with E-state index in [-0.39, 0.29) is 0 Å². The van der Waals surface area contributed by atoms with Gasteiger partial charge in [-0.1, -0.05) is 115 Å². The third-order valence-electron chi connectivity index (χ3n) is 10.8. The van der Waals surface area contributed by atoms with Gasteiger partial charge in [-0.05, 0) is 60.2 Å². The number of thiophene rings is 2. The van der Waals surface area contributed by atoms with Crippen LogP contribution in [-0.2, 0) is 0 Å². The maximum Gasteiger partial charge on any atom is 0.159 e. The number of benzene rings is 8. The number of hydrogen-bond donors (Lipinski definition) is 0. The van der Waals surface area contributed by atoms with Crippen molar-refractivity contribution >= 4 is 102 Å². The summed E-state index contributed by atoms with van der Waals surface area (Å²) in [5, 5.41) is 7.61. The second-order valence-corrected chi connectivity index (χ2v) is 15.8. The van der Waals surface area contributed by atoms with E-state index in [4.69, 9.17) is 4.74 Å². The Labute approximate surface area is 312 Å². The van der Waals surface area contributed by atoms with Gasteiger partial charge in [0, 0.05) is 53.0 Å². The van der Waals surface area contributed by atoms with Crippen molar-refractivity contribution in [2.75, 3.05) is 4.90 Å². The lowest BCUT2D eigenvalue weighted by atomic mass is 10.0. The molecule has 0 unspecified atom stereocenters. The number of rotatable bonds is 4. The fraction of sp³-hybridized carbons (Fsp3) is 0. The summed E-state index contributed by atoms with van der Waals surface area (Å²) in [4.78, 5) is 2.47. The molecule has 0 amide bonds. The summed E-state index contributed by atoms with van der Waals surface area (Å²) in [7, 11) is 0. The van der Waals surface area contributed by atoms with Crippen molar-refractivity contribution in [1.82, 2.24) is 4.57 Å². The minimum atomic E-state index is 0.878. The van der Waals surface area contributed by atoms with Gasteiger partial charge < -0.3 is 14.2 Å². The third kappa shape index (κ3) is 4.15. The Hall–Kier alpha value is -6.40. The first-order chi connectivity index (χ1) is 26.3. The van der Waals surface area contributed by atoms with Crippen molar-refractivity contribution in [3.8, 4) is 28.3 Å². The zero-order chi connectivity index (χ0) is 34.6. The normalized spacial score (nSPS) is 12.3. The Morgan fingerprint density at radius 2 is 1.02 bits per heavy atom. The van der Waals surface area contributed by atoms with Crippen LogP contribution in [0, 0.1) is 0 Å². The van der Waals surface area contributed by atoms with Crippen molar-refractivity contribution in [1.29, 1.82) is 0 Å². The molecule has 11 aromatic rings. The lowest BCUT2D eigenvalue weighted by molar-refractivity contribution is 0.478. The predicted molar refractivity (Wildman–Crippen MR) is 227 cm³/mol. The lowest BCUT2D eigenvalue weighted by Gasteiger charge is -2.27. The summed E-state index contributed by atoms with van der Waals surface area (Å²) in [5.41, 5.74) is 9.02. The molecule has 0 saturated carbocycles. The zero-order valence-corrected chi connectivity index (χ0v) is 29.9. The predicted octanol–water partition coefficient (Wildman–Crippen LogP) is 14.8. The molecule has 3 aromatic heterocycles. The van der Waals surface area contributed by atoms with E-state index in [0.29, 0.717) is 0 Å². The van der Waals surface area contributed by atoms with Gasteiger partial charge in [-0.25, -0.2) is 0 Å². The Morgan fingerprint density at radius 1 is 0.453 bits per heavy atom. The molecule has 0 saturated heterocycles. The third-order valence-corrected chi connectivity index (χ3v) is 13.2. The summed E-state index contributed by atoms with van der Waals surface area (Å²) < 4.78 is 14.3. The summed E-state index contributed by atoms with van der Waals surface area (Å²) in [6.45, 7) is 0. The molecule has 1 aliphatic rings. The highest BCUT2D eigenvalue weighted by atomic mass is 32.1. The number of nitrogens with zero attached hydrogens (tertiary/aromatic N) is 2.